The van der Waals surface area contributed by atoms with E-state index in [1.807, 2.05) is 56.3 Å². The Hall–Kier alpha value is -2.95. The fourth-order valence-corrected chi connectivity index (χ4v) is 2.61. The standard InChI is InChI=1S/C20H21NO4/c1-13(2)25-19-18(23-3)16-10-9-15(11-17(16)21-20(19)22)24-12-14-7-5-4-6-8-14/h4-11,13H,12H2,1-3H3,(H,21,22). The van der Waals surface area contributed by atoms with Crippen LogP contribution in [-0.4, -0.2) is 18.2 Å². The highest BCUT2D eigenvalue weighted by molar-refractivity contribution is 5.88. The molecular weight excluding hydrogens is 318 g/mol. The second-order valence-corrected chi connectivity index (χ2v) is 5.96. The summed E-state index contributed by atoms with van der Waals surface area (Å²) in [6.07, 6.45) is -0.124. The Balaban J connectivity index is 1.94. The molecule has 130 valence electrons. The second-order valence-electron chi connectivity index (χ2n) is 5.96. The normalized spacial score (nSPS) is 10.9. The van der Waals surface area contributed by atoms with Crippen LogP contribution >= 0.6 is 0 Å². The van der Waals surface area contributed by atoms with Crippen LogP contribution in [0.1, 0.15) is 19.4 Å². The van der Waals surface area contributed by atoms with Crippen molar-refractivity contribution < 1.29 is 14.2 Å². The Bertz CT molecular complexity index is 916. The van der Waals surface area contributed by atoms with Gasteiger partial charge in [-0.25, -0.2) is 0 Å². The molecule has 0 atom stereocenters. The highest BCUT2D eigenvalue weighted by Crippen LogP contribution is 2.33. The molecule has 5 nitrogen and oxygen atoms in total. The lowest BCUT2D eigenvalue weighted by molar-refractivity contribution is 0.227. The predicted octanol–water partition coefficient (Wildman–Crippen LogP) is 3.90. The molecule has 0 aliphatic rings. The molecule has 2 aromatic carbocycles. The van der Waals surface area contributed by atoms with Gasteiger partial charge in [0.2, 0.25) is 5.75 Å². The summed E-state index contributed by atoms with van der Waals surface area (Å²) in [6, 6.07) is 15.4. The van der Waals surface area contributed by atoms with Crippen molar-refractivity contribution in [1.82, 2.24) is 4.98 Å². The molecule has 0 radical (unpaired) electrons. The van der Waals surface area contributed by atoms with Crippen LogP contribution in [0.15, 0.2) is 53.3 Å². The average molecular weight is 339 g/mol. The molecule has 1 aromatic heterocycles. The van der Waals surface area contributed by atoms with E-state index in [0.717, 1.165) is 10.9 Å². The molecule has 3 aromatic rings. The summed E-state index contributed by atoms with van der Waals surface area (Å²) in [4.78, 5) is 15.2. The summed E-state index contributed by atoms with van der Waals surface area (Å²) in [5.74, 6) is 1.30. The molecule has 0 bridgehead atoms. The van der Waals surface area contributed by atoms with Crippen LogP contribution in [0.2, 0.25) is 0 Å². The molecule has 0 spiro atoms. The summed E-state index contributed by atoms with van der Waals surface area (Å²) >= 11 is 0. The van der Waals surface area contributed by atoms with Crippen molar-refractivity contribution in [3.8, 4) is 17.2 Å². The van der Waals surface area contributed by atoms with E-state index in [1.54, 1.807) is 6.07 Å². The smallest absolute Gasteiger partial charge is 0.294 e. The zero-order valence-corrected chi connectivity index (χ0v) is 14.5. The van der Waals surface area contributed by atoms with Crippen molar-refractivity contribution >= 4 is 10.9 Å². The van der Waals surface area contributed by atoms with Gasteiger partial charge in [0.25, 0.3) is 5.56 Å². The van der Waals surface area contributed by atoms with E-state index >= 15 is 0 Å². The molecular formula is C20H21NO4. The van der Waals surface area contributed by atoms with Crippen molar-refractivity contribution in [1.29, 1.82) is 0 Å². The quantitative estimate of drug-likeness (QED) is 0.740. The number of nitrogens with one attached hydrogen (secondary N) is 1. The molecule has 0 unspecified atom stereocenters. The van der Waals surface area contributed by atoms with E-state index < -0.39 is 0 Å². The van der Waals surface area contributed by atoms with Crippen molar-refractivity contribution in [2.75, 3.05) is 7.11 Å². The van der Waals surface area contributed by atoms with E-state index in [0.29, 0.717) is 23.6 Å². The van der Waals surface area contributed by atoms with Gasteiger partial charge in [0.05, 0.1) is 18.7 Å². The summed E-state index contributed by atoms with van der Waals surface area (Å²) in [6.45, 7) is 4.19. The fraction of sp³-hybridized carbons (Fsp3) is 0.250. The van der Waals surface area contributed by atoms with Crippen molar-refractivity contribution in [3.63, 3.8) is 0 Å². The van der Waals surface area contributed by atoms with Gasteiger partial charge in [-0.15, -0.1) is 0 Å². The number of benzene rings is 2. The molecule has 1 N–H and O–H groups in total. The number of methoxy groups -OCH3 is 1. The van der Waals surface area contributed by atoms with Gasteiger partial charge >= 0.3 is 0 Å². The molecule has 0 fully saturated rings. The van der Waals surface area contributed by atoms with Gasteiger partial charge in [-0.3, -0.25) is 4.79 Å². The molecule has 0 saturated heterocycles. The molecule has 3 rings (SSSR count). The van der Waals surface area contributed by atoms with Gasteiger partial charge in [0.15, 0.2) is 5.75 Å². The van der Waals surface area contributed by atoms with Gasteiger partial charge < -0.3 is 19.2 Å². The monoisotopic (exact) mass is 339 g/mol. The summed E-state index contributed by atoms with van der Waals surface area (Å²) in [5, 5.41) is 0.768. The van der Waals surface area contributed by atoms with E-state index in [-0.39, 0.29) is 17.4 Å². The molecule has 1 heterocycles. The van der Waals surface area contributed by atoms with Crippen LogP contribution in [0.4, 0.5) is 0 Å². The lowest BCUT2D eigenvalue weighted by atomic mass is 10.2. The third-order valence-corrected chi connectivity index (χ3v) is 3.70. The number of hydrogen-bond donors (Lipinski definition) is 1. The zero-order valence-electron chi connectivity index (χ0n) is 14.5. The minimum Gasteiger partial charge on any atom is -0.492 e. The maximum Gasteiger partial charge on any atom is 0.294 e. The number of pyridine rings is 1. The van der Waals surface area contributed by atoms with Gasteiger partial charge in [0, 0.05) is 11.5 Å². The van der Waals surface area contributed by atoms with Gasteiger partial charge in [0.1, 0.15) is 12.4 Å². The molecule has 0 amide bonds. The predicted molar refractivity (Wildman–Crippen MR) is 97.7 cm³/mol. The van der Waals surface area contributed by atoms with Crippen LogP contribution < -0.4 is 19.8 Å². The summed E-state index contributed by atoms with van der Waals surface area (Å²) < 4.78 is 16.8. The third-order valence-electron chi connectivity index (χ3n) is 3.70. The number of aromatic nitrogens is 1. The van der Waals surface area contributed by atoms with Gasteiger partial charge in [-0.2, -0.15) is 0 Å². The number of aromatic amines is 1. The Morgan fingerprint density at radius 3 is 2.48 bits per heavy atom. The number of hydrogen-bond acceptors (Lipinski definition) is 4. The largest absolute Gasteiger partial charge is 0.492 e. The number of H-pyrrole nitrogens is 1. The van der Waals surface area contributed by atoms with Crippen molar-refractivity contribution in [3.05, 3.63) is 64.4 Å². The highest BCUT2D eigenvalue weighted by atomic mass is 16.5. The number of rotatable bonds is 6. The first-order valence-corrected chi connectivity index (χ1v) is 8.16. The minimum absolute atomic E-state index is 0.124. The number of ether oxygens (including phenoxy) is 3. The van der Waals surface area contributed by atoms with E-state index in [4.69, 9.17) is 14.2 Å². The van der Waals surface area contributed by atoms with Crippen LogP contribution in [0.25, 0.3) is 10.9 Å². The minimum atomic E-state index is -0.321. The van der Waals surface area contributed by atoms with E-state index in [9.17, 15) is 4.79 Å². The lowest BCUT2D eigenvalue weighted by Crippen LogP contribution is -2.17. The second kappa shape index (κ2) is 7.30. The SMILES string of the molecule is COc1c(OC(C)C)c(=O)[nH]c2cc(OCc3ccccc3)ccc12. The zero-order chi connectivity index (χ0) is 17.8. The lowest BCUT2D eigenvalue weighted by Gasteiger charge is -2.15. The third kappa shape index (κ3) is 3.76. The Morgan fingerprint density at radius 1 is 1.04 bits per heavy atom. The maximum atomic E-state index is 12.3. The summed E-state index contributed by atoms with van der Waals surface area (Å²) in [7, 11) is 1.53. The van der Waals surface area contributed by atoms with Gasteiger partial charge in [-0.1, -0.05) is 30.3 Å². The van der Waals surface area contributed by atoms with E-state index in [1.165, 1.54) is 7.11 Å². The Labute approximate surface area is 146 Å². The summed E-state index contributed by atoms with van der Waals surface area (Å²) in [5.41, 5.74) is 1.40. The average Bonchev–Trinajstić information content (AvgIpc) is 2.61. The maximum absolute atomic E-state index is 12.3. The first-order chi connectivity index (χ1) is 12.1. The van der Waals surface area contributed by atoms with Crippen LogP contribution in [0.5, 0.6) is 17.2 Å². The topological polar surface area (TPSA) is 60.5 Å². The van der Waals surface area contributed by atoms with E-state index in [2.05, 4.69) is 4.98 Å². The fourth-order valence-electron chi connectivity index (χ4n) is 2.61. The van der Waals surface area contributed by atoms with Crippen molar-refractivity contribution in [2.45, 2.75) is 26.6 Å². The first kappa shape index (κ1) is 16.9. The molecule has 5 heteroatoms. The Morgan fingerprint density at radius 2 is 1.80 bits per heavy atom. The highest BCUT2D eigenvalue weighted by Gasteiger charge is 2.16. The molecule has 0 aliphatic carbocycles. The van der Waals surface area contributed by atoms with Crippen LogP contribution in [-0.2, 0) is 6.61 Å². The first-order valence-electron chi connectivity index (χ1n) is 8.16. The van der Waals surface area contributed by atoms with Crippen molar-refractivity contribution in [2.24, 2.45) is 0 Å². The van der Waals surface area contributed by atoms with Gasteiger partial charge in [-0.05, 0) is 31.5 Å². The number of fused-ring (bicyclic) bond motifs is 1. The molecule has 25 heavy (non-hydrogen) atoms. The molecule has 0 aliphatic heterocycles. The van der Waals surface area contributed by atoms with Crippen LogP contribution in [0, 0.1) is 0 Å². The van der Waals surface area contributed by atoms with Crippen LogP contribution in [0.3, 0.4) is 0 Å². The molecule has 0 saturated carbocycles. The Kier molecular flexibility index (Phi) is 4.93.